The molecule has 1 aliphatic rings. The fourth-order valence-corrected chi connectivity index (χ4v) is 2.60. The van der Waals surface area contributed by atoms with Crippen molar-refractivity contribution >= 4 is 12.2 Å². The third-order valence-corrected chi connectivity index (χ3v) is 3.79. The van der Waals surface area contributed by atoms with Crippen LogP contribution in [0.1, 0.15) is 12.8 Å². The van der Waals surface area contributed by atoms with Crippen LogP contribution in [-0.2, 0) is 11.3 Å². The Balaban J connectivity index is 1.88. The van der Waals surface area contributed by atoms with Crippen molar-refractivity contribution in [3.63, 3.8) is 0 Å². The van der Waals surface area contributed by atoms with Gasteiger partial charge in [-0.15, -0.1) is 0 Å². The summed E-state index contributed by atoms with van der Waals surface area (Å²) < 4.78 is 8.16. The van der Waals surface area contributed by atoms with Gasteiger partial charge in [0.1, 0.15) is 0 Å². The van der Waals surface area contributed by atoms with E-state index in [9.17, 15) is 0 Å². The van der Waals surface area contributed by atoms with E-state index in [0.717, 1.165) is 44.0 Å². The topological polar surface area (TPSA) is 55.7 Å². The Morgan fingerprint density at radius 2 is 2.05 bits per heavy atom. The van der Waals surface area contributed by atoms with Crippen LogP contribution in [0, 0.1) is 10.7 Å². The van der Waals surface area contributed by atoms with Gasteiger partial charge in [-0.1, -0.05) is 0 Å². The fourth-order valence-electron chi connectivity index (χ4n) is 2.40. The molecule has 1 fully saturated rings. The predicted octanol–water partition coefficient (Wildman–Crippen LogP) is 2.43. The molecule has 5 nitrogen and oxygen atoms in total. The summed E-state index contributed by atoms with van der Waals surface area (Å²) in [6, 6.07) is 3.90. The first-order valence-electron chi connectivity index (χ1n) is 6.48. The van der Waals surface area contributed by atoms with Crippen molar-refractivity contribution < 1.29 is 4.74 Å². The van der Waals surface area contributed by atoms with Crippen LogP contribution >= 0.6 is 12.2 Å². The summed E-state index contributed by atoms with van der Waals surface area (Å²) in [5.74, 6) is 1.50. The van der Waals surface area contributed by atoms with Crippen molar-refractivity contribution in [3.8, 4) is 11.4 Å². The van der Waals surface area contributed by atoms with Crippen molar-refractivity contribution in [2.24, 2.45) is 5.92 Å². The zero-order chi connectivity index (χ0) is 13.1. The molecule has 1 aliphatic heterocycles. The van der Waals surface area contributed by atoms with Crippen molar-refractivity contribution in [3.05, 3.63) is 29.3 Å². The first-order valence-corrected chi connectivity index (χ1v) is 6.89. The number of aromatic amines is 1. The van der Waals surface area contributed by atoms with Gasteiger partial charge in [0, 0.05) is 37.7 Å². The second kappa shape index (κ2) is 5.63. The first kappa shape index (κ1) is 12.5. The minimum absolute atomic E-state index is 0.610. The fraction of sp³-hybridized carbons (Fsp3) is 0.462. The van der Waals surface area contributed by atoms with Gasteiger partial charge in [-0.3, -0.25) is 14.6 Å². The summed E-state index contributed by atoms with van der Waals surface area (Å²) in [4.78, 5) is 4.03. The number of aromatic nitrogens is 4. The summed E-state index contributed by atoms with van der Waals surface area (Å²) in [6.07, 6.45) is 5.71. The van der Waals surface area contributed by atoms with E-state index in [4.69, 9.17) is 17.0 Å². The molecule has 0 atom stereocenters. The molecule has 0 radical (unpaired) electrons. The van der Waals surface area contributed by atoms with Gasteiger partial charge in [0.15, 0.2) is 10.6 Å². The average Bonchev–Trinajstić information content (AvgIpc) is 2.82. The second-order valence-corrected chi connectivity index (χ2v) is 5.14. The number of hydrogen-bond acceptors (Lipinski definition) is 4. The summed E-state index contributed by atoms with van der Waals surface area (Å²) in [6.45, 7) is 2.59. The molecular formula is C13H16N4OS. The van der Waals surface area contributed by atoms with Crippen LogP contribution in [0.5, 0.6) is 0 Å². The lowest BCUT2D eigenvalue weighted by Gasteiger charge is -2.22. The Bertz CT molecular complexity index is 586. The van der Waals surface area contributed by atoms with Gasteiger partial charge < -0.3 is 4.74 Å². The normalized spacial score (nSPS) is 16.6. The number of ether oxygens (including phenoxy) is 1. The molecule has 19 heavy (non-hydrogen) atoms. The van der Waals surface area contributed by atoms with E-state index in [1.165, 1.54) is 0 Å². The van der Waals surface area contributed by atoms with Gasteiger partial charge in [0.05, 0.1) is 0 Å². The SMILES string of the molecule is S=c1[nH]nc(-c2ccncc2)n1CC1CCOCC1. The van der Waals surface area contributed by atoms with Crippen LogP contribution in [-0.4, -0.2) is 33.0 Å². The zero-order valence-corrected chi connectivity index (χ0v) is 11.4. The number of rotatable bonds is 3. The Kier molecular flexibility index (Phi) is 3.70. The number of nitrogens with one attached hydrogen (secondary N) is 1. The van der Waals surface area contributed by atoms with Gasteiger partial charge >= 0.3 is 0 Å². The quantitative estimate of drug-likeness (QED) is 0.875. The third kappa shape index (κ3) is 2.74. The maximum Gasteiger partial charge on any atom is 0.195 e. The van der Waals surface area contributed by atoms with Gasteiger partial charge in [-0.25, -0.2) is 0 Å². The van der Waals surface area contributed by atoms with Crippen LogP contribution in [0.25, 0.3) is 11.4 Å². The maximum atomic E-state index is 5.40. The summed E-state index contributed by atoms with van der Waals surface area (Å²) in [7, 11) is 0. The predicted molar refractivity (Wildman–Crippen MR) is 74.2 cm³/mol. The summed E-state index contributed by atoms with van der Waals surface area (Å²) in [5.41, 5.74) is 1.04. The number of hydrogen-bond donors (Lipinski definition) is 1. The third-order valence-electron chi connectivity index (χ3n) is 3.48. The highest BCUT2D eigenvalue weighted by Crippen LogP contribution is 2.21. The largest absolute Gasteiger partial charge is 0.381 e. The lowest BCUT2D eigenvalue weighted by atomic mass is 10.0. The van der Waals surface area contributed by atoms with Crippen molar-refractivity contribution in [2.75, 3.05) is 13.2 Å². The van der Waals surface area contributed by atoms with E-state index in [-0.39, 0.29) is 0 Å². The van der Waals surface area contributed by atoms with Crippen LogP contribution in [0.2, 0.25) is 0 Å². The molecule has 1 saturated heterocycles. The summed E-state index contributed by atoms with van der Waals surface area (Å²) >= 11 is 5.34. The van der Waals surface area contributed by atoms with E-state index in [1.54, 1.807) is 12.4 Å². The molecule has 2 aromatic rings. The minimum atomic E-state index is 0.610. The Morgan fingerprint density at radius 1 is 1.32 bits per heavy atom. The molecule has 2 aromatic heterocycles. The maximum absolute atomic E-state index is 5.40. The van der Waals surface area contributed by atoms with Gasteiger partial charge in [-0.05, 0) is 43.1 Å². The smallest absolute Gasteiger partial charge is 0.195 e. The van der Waals surface area contributed by atoms with E-state index < -0.39 is 0 Å². The summed E-state index contributed by atoms with van der Waals surface area (Å²) in [5, 5.41) is 7.23. The van der Waals surface area contributed by atoms with E-state index in [2.05, 4.69) is 19.7 Å². The highest BCUT2D eigenvalue weighted by Gasteiger charge is 2.17. The molecule has 0 unspecified atom stereocenters. The molecule has 100 valence electrons. The van der Waals surface area contributed by atoms with Crippen LogP contribution in [0.3, 0.4) is 0 Å². The lowest BCUT2D eigenvalue weighted by molar-refractivity contribution is 0.0612. The number of nitrogens with zero attached hydrogens (tertiary/aromatic N) is 3. The van der Waals surface area contributed by atoms with Crippen LogP contribution in [0.15, 0.2) is 24.5 Å². The highest BCUT2D eigenvalue weighted by molar-refractivity contribution is 7.71. The molecule has 0 aliphatic carbocycles. The Morgan fingerprint density at radius 3 is 2.79 bits per heavy atom. The van der Waals surface area contributed by atoms with Crippen molar-refractivity contribution in [2.45, 2.75) is 19.4 Å². The first-order chi connectivity index (χ1) is 9.34. The Labute approximate surface area is 116 Å². The number of H-pyrrole nitrogens is 1. The van der Waals surface area contributed by atoms with Gasteiger partial charge in [0.25, 0.3) is 0 Å². The van der Waals surface area contributed by atoms with E-state index in [1.807, 2.05) is 12.1 Å². The zero-order valence-electron chi connectivity index (χ0n) is 10.6. The molecule has 0 spiro atoms. The second-order valence-electron chi connectivity index (χ2n) is 4.75. The molecule has 6 heteroatoms. The molecular weight excluding hydrogens is 260 g/mol. The molecule has 0 saturated carbocycles. The van der Waals surface area contributed by atoms with Crippen LogP contribution in [0.4, 0.5) is 0 Å². The van der Waals surface area contributed by atoms with Crippen molar-refractivity contribution in [1.29, 1.82) is 0 Å². The molecule has 0 amide bonds. The monoisotopic (exact) mass is 276 g/mol. The molecule has 1 N–H and O–H groups in total. The van der Waals surface area contributed by atoms with Crippen molar-refractivity contribution in [1.82, 2.24) is 19.7 Å². The van der Waals surface area contributed by atoms with Gasteiger partial charge in [0.2, 0.25) is 0 Å². The standard InChI is InChI=1S/C13H16N4OS/c19-13-16-15-12(11-1-5-14-6-2-11)17(13)9-10-3-7-18-8-4-10/h1-2,5-6,10H,3-4,7-9H2,(H,16,19). The highest BCUT2D eigenvalue weighted by atomic mass is 32.1. The van der Waals surface area contributed by atoms with Crippen LogP contribution < -0.4 is 0 Å². The van der Waals surface area contributed by atoms with E-state index in [0.29, 0.717) is 10.7 Å². The Hall–Kier alpha value is -1.53. The molecule has 3 heterocycles. The minimum Gasteiger partial charge on any atom is -0.381 e. The van der Waals surface area contributed by atoms with Gasteiger partial charge in [-0.2, -0.15) is 5.10 Å². The van der Waals surface area contributed by atoms with E-state index >= 15 is 0 Å². The average molecular weight is 276 g/mol. The molecule has 3 rings (SSSR count). The molecule has 0 bridgehead atoms. The lowest BCUT2D eigenvalue weighted by Crippen LogP contribution is -2.20. The molecule has 0 aromatic carbocycles. The number of pyridine rings is 1.